The number of amides is 2. The summed E-state index contributed by atoms with van der Waals surface area (Å²) in [5.41, 5.74) is 10.7. The van der Waals surface area contributed by atoms with E-state index in [0.717, 1.165) is 33.4 Å². The Kier molecular flexibility index (Phi) is 13.3. The molecular weight excluding hydrogens is 458 g/mol. The lowest BCUT2D eigenvalue weighted by Gasteiger charge is -2.30. The molecule has 5 nitrogen and oxygen atoms in total. The molecule has 0 bridgehead atoms. The number of hydrogen-bond acceptors (Lipinski definition) is 3. The number of nitrogens with two attached hydrogens (primary N) is 1. The molecule has 0 radical (unpaired) electrons. The van der Waals surface area contributed by atoms with Crippen molar-refractivity contribution in [3.8, 4) is 0 Å². The van der Waals surface area contributed by atoms with Crippen LogP contribution in [0, 0.1) is 23.7 Å². The number of carbonyl (C=O) groups is 2. The second-order valence-corrected chi connectivity index (χ2v) is 11.0. The van der Waals surface area contributed by atoms with E-state index in [9.17, 15) is 9.59 Å². The van der Waals surface area contributed by atoms with Gasteiger partial charge >= 0.3 is 0 Å². The third kappa shape index (κ3) is 10.2. The molecule has 1 unspecified atom stereocenters. The van der Waals surface area contributed by atoms with Gasteiger partial charge in [0.25, 0.3) is 0 Å². The van der Waals surface area contributed by atoms with Crippen molar-refractivity contribution in [2.24, 2.45) is 29.4 Å². The summed E-state index contributed by atoms with van der Waals surface area (Å²) in [7, 11) is 1.50. The molecule has 1 aliphatic carbocycles. The van der Waals surface area contributed by atoms with Crippen LogP contribution in [0.15, 0.2) is 54.7 Å². The molecule has 0 aliphatic heterocycles. The standard InChI is InChI=1S/C31H44N2O2.CH5N.H2/c1-20(2)14-27(23(7)8)16-29(31(35)33(18-21(3)4)19-22(5)6)30(34)32-17-25-11-13-28-24(9)10-12-26(28)15-25;1-2;/h10-15,21-23,29H,1,9,16-19H2,2-8H3,(H,32,34);2H2,1H3;1H/b27-14-;;. The fourth-order valence-corrected chi connectivity index (χ4v) is 4.41. The van der Waals surface area contributed by atoms with Crippen molar-refractivity contribution in [1.29, 1.82) is 0 Å². The number of carbonyl (C=O) groups excluding carboxylic acids is 2. The zero-order chi connectivity index (χ0) is 28.3. The van der Waals surface area contributed by atoms with Crippen LogP contribution in [0.25, 0.3) is 11.6 Å². The van der Waals surface area contributed by atoms with Gasteiger partial charge in [0.2, 0.25) is 11.8 Å². The van der Waals surface area contributed by atoms with Crippen LogP contribution in [0.1, 0.15) is 73.0 Å². The quantitative estimate of drug-likeness (QED) is 0.250. The predicted molar refractivity (Wildman–Crippen MR) is 161 cm³/mol. The SMILES string of the molecule is C=C(C)/C=C(/CC(C(=O)NCc1ccc2c(c1)C=CC2=C)C(=O)N(CC(C)C)CC(C)C)C(C)C.CN.[HH]. The Morgan fingerprint density at radius 2 is 1.65 bits per heavy atom. The normalized spacial score (nSPS) is 13.4. The van der Waals surface area contributed by atoms with E-state index in [1.54, 1.807) is 0 Å². The van der Waals surface area contributed by atoms with Gasteiger partial charge in [-0.2, -0.15) is 0 Å². The van der Waals surface area contributed by atoms with Gasteiger partial charge in [-0.05, 0) is 66.5 Å². The van der Waals surface area contributed by atoms with Gasteiger partial charge < -0.3 is 16.0 Å². The topological polar surface area (TPSA) is 75.4 Å². The number of nitrogens with one attached hydrogen (secondary N) is 1. The number of rotatable bonds is 12. The molecule has 1 aliphatic rings. The average molecular weight is 510 g/mol. The van der Waals surface area contributed by atoms with Crippen molar-refractivity contribution >= 4 is 23.5 Å². The van der Waals surface area contributed by atoms with E-state index in [1.165, 1.54) is 7.05 Å². The largest absolute Gasteiger partial charge is 0.351 e. The molecule has 0 saturated heterocycles. The van der Waals surface area contributed by atoms with Crippen LogP contribution >= 0.6 is 0 Å². The monoisotopic (exact) mass is 509 g/mol. The van der Waals surface area contributed by atoms with Crippen LogP contribution < -0.4 is 11.1 Å². The van der Waals surface area contributed by atoms with Crippen LogP contribution in [-0.4, -0.2) is 36.9 Å². The summed E-state index contributed by atoms with van der Waals surface area (Å²) in [5, 5.41) is 3.06. The predicted octanol–water partition coefficient (Wildman–Crippen LogP) is 6.47. The first-order chi connectivity index (χ1) is 17.4. The summed E-state index contributed by atoms with van der Waals surface area (Å²) in [6, 6.07) is 6.13. The first-order valence-electron chi connectivity index (χ1n) is 13.4. The maximum Gasteiger partial charge on any atom is 0.235 e. The Labute approximate surface area is 227 Å². The molecule has 2 amide bonds. The molecule has 206 valence electrons. The highest BCUT2D eigenvalue weighted by molar-refractivity contribution is 6.00. The maximum absolute atomic E-state index is 13.8. The Bertz CT molecular complexity index is 1010. The highest BCUT2D eigenvalue weighted by Crippen LogP contribution is 2.28. The zero-order valence-corrected chi connectivity index (χ0v) is 24.4. The van der Waals surface area contributed by atoms with Crippen LogP contribution in [0.2, 0.25) is 0 Å². The smallest absolute Gasteiger partial charge is 0.235 e. The van der Waals surface area contributed by atoms with Crippen LogP contribution in [0.4, 0.5) is 0 Å². The summed E-state index contributed by atoms with van der Waals surface area (Å²) >= 11 is 0. The molecule has 1 atom stereocenters. The van der Waals surface area contributed by atoms with Gasteiger partial charge in [0.15, 0.2) is 0 Å². The van der Waals surface area contributed by atoms with Gasteiger partial charge in [-0.15, -0.1) is 0 Å². The van der Waals surface area contributed by atoms with E-state index in [2.05, 4.69) is 71.8 Å². The van der Waals surface area contributed by atoms with Crippen LogP contribution in [0.3, 0.4) is 0 Å². The third-order valence-electron chi connectivity index (χ3n) is 6.10. The van der Waals surface area contributed by atoms with E-state index >= 15 is 0 Å². The minimum Gasteiger partial charge on any atom is -0.351 e. The van der Waals surface area contributed by atoms with Crippen LogP contribution in [0.5, 0.6) is 0 Å². The lowest BCUT2D eigenvalue weighted by atomic mass is 9.89. The zero-order valence-electron chi connectivity index (χ0n) is 24.4. The Hall–Kier alpha value is -2.92. The number of allylic oxidation sites excluding steroid dienone is 5. The molecule has 0 heterocycles. The van der Waals surface area contributed by atoms with Gasteiger partial charge in [0, 0.05) is 21.1 Å². The van der Waals surface area contributed by atoms with E-state index in [4.69, 9.17) is 0 Å². The lowest BCUT2D eigenvalue weighted by Crippen LogP contribution is -2.46. The minimum atomic E-state index is -0.769. The van der Waals surface area contributed by atoms with Crippen molar-refractivity contribution in [1.82, 2.24) is 10.2 Å². The molecule has 0 spiro atoms. The maximum atomic E-state index is 13.8. The molecular formula is C32H51N3O2. The summed E-state index contributed by atoms with van der Waals surface area (Å²) < 4.78 is 0. The number of nitrogens with zero attached hydrogens (tertiary/aromatic N) is 1. The minimum absolute atomic E-state index is 0. The summed E-state index contributed by atoms with van der Waals surface area (Å²) in [4.78, 5) is 29.2. The van der Waals surface area contributed by atoms with Crippen molar-refractivity contribution in [3.05, 3.63) is 71.3 Å². The van der Waals surface area contributed by atoms with Crippen molar-refractivity contribution in [2.45, 2.75) is 61.4 Å². The highest BCUT2D eigenvalue weighted by Gasteiger charge is 2.32. The number of hydrogen-bond donors (Lipinski definition) is 2. The van der Waals surface area contributed by atoms with Crippen molar-refractivity contribution in [3.63, 3.8) is 0 Å². The van der Waals surface area contributed by atoms with E-state index in [-0.39, 0.29) is 19.2 Å². The first kappa shape index (κ1) is 32.1. The number of fused-ring (bicyclic) bond motifs is 1. The molecule has 5 heteroatoms. The lowest BCUT2D eigenvalue weighted by molar-refractivity contribution is -0.143. The molecule has 2 rings (SSSR count). The molecule has 1 aromatic rings. The van der Waals surface area contributed by atoms with Crippen molar-refractivity contribution < 1.29 is 11.0 Å². The third-order valence-corrected chi connectivity index (χ3v) is 6.10. The molecule has 37 heavy (non-hydrogen) atoms. The summed E-state index contributed by atoms with van der Waals surface area (Å²) in [6.45, 7) is 24.3. The Morgan fingerprint density at radius 3 is 2.16 bits per heavy atom. The molecule has 0 aromatic heterocycles. The van der Waals surface area contributed by atoms with E-state index in [0.29, 0.717) is 37.9 Å². The Morgan fingerprint density at radius 1 is 1.05 bits per heavy atom. The highest BCUT2D eigenvalue weighted by atomic mass is 16.2. The van der Waals surface area contributed by atoms with Crippen LogP contribution in [-0.2, 0) is 16.1 Å². The van der Waals surface area contributed by atoms with Gasteiger partial charge in [-0.3, -0.25) is 9.59 Å². The van der Waals surface area contributed by atoms with Gasteiger partial charge in [-0.1, -0.05) is 96.2 Å². The summed E-state index contributed by atoms with van der Waals surface area (Å²) in [6.07, 6.45) is 6.46. The summed E-state index contributed by atoms with van der Waals surface area (Å²) in [5.74, 6) is -0.213. The molecule has 0 fully saturated rings. The molecule has 0 saturated carbocycles. The van der Waals surface area contributed by atoms with Gasteiger partial charge in [-0.25, -0.2) is 0 Å². The van der Waals surface area contributed by atoms with Gasteiger partial charge in [0.05, 0.1) is 0 Å². The first-order valence-corrected chi connectivity index (χ1v) is 13.4. The average Bonchev–Trinajstić information content (AvgIpc) is 3.19. The molecule has 1 aromatic carbocycles. The Balaban J connectivity index is 0.00000445. The second-order valence-electron chi connectivity index (χ2n) is 11.0. The second kappa shape index (κ2) is 15.4. The van der Waals surface area contributed by atoms with Crippen molar-refractivity contribution in [2.75, 3.05) is 20.1 Å². The number of benzene rings is 1. The molecule has 3 N–H and O–H groups in total. The fraction of sp³-hybridized carbons (Fsp3) is 0.500. The fourth-order valence-electron chi connectivity index (χ4n) is 4.41. The van der Waals surface area contributed by atoms with Gasteiger partial charge in [0.1, 0.15) is 5.92 Å². The van der Waals surface area contributed by atoms with E-state index < -0.39 is 5.92 Å². The van der Waals surface area contributed by atoms with E-state index in [1.807, 2.05) is 42.2 Å².